The number of amides is 2. The van der Waals surface area contributed by atoms with Crippen LogP contribution in [-0.2, 0) is 9.59 Å². The summed E-state index contributed by atoms with van der Waals surface area (Å²) >= 11 is 0. The third-order valence-electron chi connectivity index (χ3n) is 4.71. The quantitative estimate of drug-likeness (QED) is 0.518. The van der Waals surface area contributed by atoms with E-state index < -0.39 is 12.2 Å². The Morgan fingerprint density at radius 1 is 0.773 bits per heavy atom. The highest BCUT2D eigenvalue weighted by Gasteiger charge is 2.27. The van der Waals surface area contributed by atoms with Gasteiger partial charge in [0, 0.05) is 12.8 Å². The van der Waals surface area contributed by atoms with E-state index in [-0.39, 0.29) is 23.9 Å². The van der Waals surface area contributed by atoms with Crippen LogP contribution >= 0.6 is 0 Å². The molecule has 6 nitrogen and oxygen atoms in total. The fraction of sp³-hybridized carbons (Fsp3) is 0.875. The van der Waals surface area contributed by atoms with Gasteiger partial charge in [-0.1, -0.05) is 0 Å². The molecule has 2 aliphatic rings. The summed E-state index contributed by atoms with van der Waals surface area (Å²) in [6.07, 6.45) is 6.42. The van der Waals surface area contributed by atoms with Gasteiger partial charge in [-0.15, -0.1) is 0 Å². The highest BCUT2D eigenvalue weighted by Crippen LogP contribution is 2.20. The number of carbonyl (C=O) groups excluding carboxylic acids is 2. The van der Waals surface area contributed by atoms with E-state index in [2.05, 4.69) is 10.6 Å². The van der Waals surface area contributed by atoms with Crippen molar-refractivity contribution in [1.82, 2.24) is 10.6 Å². The predicted molar refractivity (Wildman–Crippen MR) is 82.0 cm³/mol. The maximum Gasteiger partial charge on any atom is 0.220 e. The summed E-state index contributed by atoms with van der Waals surface area (Å²) in [5, 5.41) is 25.0. The van der Waals surface area contributed by atoms with Gasteiger partial charge < -0.3 is 20.8 Å². The number of hydrogen-bond acceptors (Lipinski definition) is 4. The van der Waals surface area contributed by atoms with Crippen molar-refractivity contribution >= 4 is 11.8 Å². The first-order valence-corrected chi connectivity index (χ1v) is 8.51. The summed E-state index contributed by atoms with van der Waals surface area (Å²) < 4.78 is 0. The first kappa shape index (κ1) is 17.2. The average Bonchev–Trinajstić information content (AvgIpc) is 3.05. The molecular weight excluding hydrogens is 284 g/mol. The molecule has 0 bridgehead atoms. The van der Waals surface area contributed by atoms with Gasteiger partial charge in [-0.25, -0.2) is 0 Å². The Hall–Kier alpha value is -1.14. The Labute approximate surface area is 131 Å². The largest absolute Gasteiger partial charge is 0.391 e. The second-order valence-corrected chi connectivity index (χ2v) is 6.55. The fourth-order valence-electron chi connectivity index (χ4n) is 3.35. The molecule has 22 heavy (non-hydrogen) atoms. The lowest BCUT2D eigenvalue weighted by Gasteiger charge is -2.17. The van der Waals surface area contributed by atoms with Crippen LogP contribution in [0.5, 0.6) is 0 Å². The van der Waals surface area contributed by atoms with Gasteiger partial charge in [-0.3, -0.25) is 9.59 Å². The molecule has 0 aliphatic heterocycles. The zero-order valence-electron chi connectivity index (χ0n) is 13.1. The Morgan fingerprint density at radius 2 is 1.18 bits per heavy atom. The zero-order valence-corrected chi connectivity index (χ0v) is 13.1. The molecule has 4 atom stereocenters. The molecule has 6 heteroatoms. The summed E-state index contributed by atoms with van der Waals surface area (Å²) in [6, 6.07) is -0.195. The smallest absolute Gasteiger partial charge is 0.220 e. The van der Waals surface area contributed by atoms with Gasteiger partial charge >= 0.3 is 0 Å². The van der Waals surface area contributed by atoms with Crippen LogP contribution in [0.2, 0.25) is 0 Å². The number of unbranched alkanes of at least 4 members (excludes halogenated alkanes) is 1. The lowest BCUT2D eigenvalue weighted by atomic mass is 10.1. The maximum absolute atomic E-state index is 11.8. The first-order valence-electron chi connectivity index (χ1n) is 8.51. The molecule has 2 amide bonds. The third kappa shape index (κ3) is 5.25. The number of carbonyl (C=O) groups is 2. The Bertz CT molecular complexity index is 352. The molecule has 0 aromatic rings. The number of rotatable bonds is 7. The van der Waals surface area contributed by atoms with Gasteiger partial charge in [0.15, 0.2) is 0 Å². The minimum atomic E-state index is -0.410. The maximum atomic E-state index is 11.8. The Morgan fingerprint density at radius 3 is 1.50 bits per heavy atom. The lowest BCUT2D eigenvalue weighted by Crippen LogP contribution is -2.40. The van der Waals surface area contributed by atoms with E-state index in [1.807, 2.05) is 0 Å². The van der Waals surface area contributed by atoms with E-state index in [1.165, 1.54) is 0 Å². The molecule has 2 rings (SSSR count). The van der Waals surface area contributed by atoms with Crippen LogP contribution in [0.1, 0.15) is 64.2 Å². The predicted octanol–water partition coefficient (Wildman–Crippen LogP) is 0.606. The van der Waals surface area contributed by atoms with Crippen LogP contribution in [0.15, 0.2) is 0 Å². The van der Waals surface area contributed by atoms with E-state index in [0.29, 0.717) is 25.7 Å². The van der Waals surface area contributed by atoms with Crippen LogP contribution in [0, 0.1) is 0 Å². The van der Waals surface area contributed by atoms with E-state index >= 15 is 0 Å². The average molecular weight is 312 g/mol. The minimum absolute atomic E-state index is 0.0439. The molecule has 4 N–H and O–H groups in total. The van der Waals surface area contributed by atoms with Crippen molar-refractivity contribution in [3.8, 4) is 0 Å². The van der Waals surface area contributed by atoms with Crippen LogP contribution < -0.4 is 10.6 Å². The summed E-state index contributed by atoms with van der Waals surface area (Å²) in [4.78, 5) is 23.5. The van der Waals surface area contributed by atoms with Crippen molar-refractivity contribution in [3.05, 3.63) is 0 Å². The summed E-state index contributed by atoms with van der Waals surface area (Å²) in [5.74, 6) is -0.0878. The standard InChI is InChI=1S/C16H28N2O4/c19-13-7-3-5-11(13)17-15(21)9-1-2-10-16(22)18-12-6-4-8-14(12)20/h11-14,19-20H,1-10H2,(H,17,21)(H,18,22)/t11-,12+,13-,14-/m0/s1. The molecule has 0 heterocycles. The highest BCUT2D eigenvalue weighted by molar-refractivity contribution is 5.77. The third-order valence-corrected chi connectivity index (χ3v) is 4.71. The van der Waals surface area contributed by atoms with Crippen molar-refractivity contribution in [2.45, 2.75) is 88.5 Å². The van der Waals surface area contributed by atoms with E-state index in [4.69, 9.17) is 0 Å². The second kappa shape index (κ2) is 8.48. The Kier molecular flexibility index (Phi) is 6.64. The summed E-state index contributed by atoms with van der Waals surface area (Å²) in [6.45, 7) is 0. The Balaban J connectivity index is 1.52. The molecular formula is C16H28N2O4. The van der Waals surface area contributed by atoms with E-state index in [1.54, 1.807) is 0 Å². The minimum Gasteiger partial charge on any atom is -0.391 e. The van der Waals surface area contributed by atoms with Crippen LogP contribution in [0.3, 0.4) is 0 Å². The van der Waals surface area contributed by atoms with E-state index in [9.17, 15) is 19.8 Å². The molecule has 0 saturated heterocycles. The van der Waals surface area contributed by atoms with Crippen molar-refractivity contribution in [1.29, 1.82) is 0 Å². The zero-order chi connectivity index (χ0) is 15.9. The molecule has 0 aromatic carbocycles. The lowest BCUT2D eigenvalue weighted by molar-refractivity contribution is -0.124. The van der Waals surface area contributed by atoms with Crippen molar-refractivity contribution in [3.63, 3.8) is 0 Å². The summed E-state index contributed by atoms with van der Waals surface area (Å²) in [7, 11) is 0. The van der Waals surface area contributed by atoms with Crippen LogP contribution in [-0.4, -0.2) is 46.3 Å². The van der Waals surface area contributed by atoms with Crippen LogP contribution in [0.4, 0.5) is 0 Å². The second-order valence-electron chi connectivity index (χ2n) is 6.55. The normalized spacial score (nSPS) is 31.2. The molecule has 0 spiro atoms. The monoisotopic (exact) mass is 312 g/mol. The molecule has 0 radical (unpaired) electrons. The topological polar surface area (TPSA) is 98.7 Å². The number of aliphatic hydroxyl groups is 2. The molecule has 0 unspecified atom stereocenters. The van der Waals surface area contributed by atoms with Gasteiger partial charge in [0.2, 0.25) is 11.8 Å². The van der Waals surface area contributed by atoms with Gasteiger partial charge in [0.1, 0.15) is 0 Å². The number of nitrogens with one attached hydrogen (secondary N) is 2. The molecule has 2 fully saturated rings. The van der Waals surface area contributed by atoms with Gasteiger partial charge in [-0.05, 0) is 51.4 Å². The number of hydrogen-bond donors (Lipinski definition) is 4. The van der Waals surface area contributed by atoms with Gasteiger partial charge in [0.25, 0.3) is 0 Å². The molecule has 0 aromatic heterocycles. The highest BCUT2D eigenvalue weighted by atomic mass is 16.3. The van der Waals surface area contributed by atoms with Crippen molar-refractivity contribution < 1.29 is 19.8 Å². The van der Waals surface area contributed by atoms with Crippen molar-refractivity contribution in [2.24, 2.45) is 0 Å². The fourth-order valence-corrected chi connectivity index (χ4v) is 3.35. The first-order chi connectivity index (χ1) is 10.6. The van der Waals surface area contributed by atoms with Gasteiger partial charge in [-0.2, -0.15) is 0 Å². The molecule has 2 saturated carbocycles. The molecule has 126 valence electrons. The van der Waals surface area contributed by atoms with Crippen LogP contribution in [0.25, 0.3) is 0 Å². The van der Waals surface area contributed by atoms with Gasteiger partial charge in [0.05, 0.1) is 24.3 Å². The van der Waals surface area contributed by atoms with Crippen molar-refractivity contribution in [2.75, 3.05) is 0 Å². The van der Waals surface area contributed by atoms with E-state index in [0.717, 1.165) is 38.5 Å². The molecule has 2 aliphatic carbocycles. The summed E-state index contributed by atoms with van der Waals surface area (Å²) in [5.41, 5.74) is 0. The number of aliphatic hydroxyl groups excluding tert-OH is 2. The SMILES string of the molecule is O=C(CCCCC(=O)N[C@@H]1CCC[C@@H]1O)N[C@H]1CCC[C@@H]1O.